The average Bonchev–Trinajstić information content (AvgIpc) is 2.74. The highest BCUT2D eigenvalue weighted by molar-refractivity contribution is 5.81. The fraction of sp³-hybridized carbons (Fsp3) is 0.786. The van der Waals surface area contributed by atoms with Gasteiger partial charge in [0, 0.05) is 23.4 Å². The summed E-state index contributed by atoms with van der Waals surface area (Å²) in [6.45, 7) is 6.72. The van der Waals surface area contributed by atoms with Crippen LogP contribution in [0.4, 0.5) is 0 Å². The molecule has 2 aliphatic carbocycles. The summed E-state index contributed by atoms with van der Waals surface area (Å²) in [4.78, 5) is 4.71. The van der Waals surface area contributed by atoms with E-state index in [0.29, 0.717) is 12.0 Å². The number of nitrogens with zero attached hydrogens (tertiary/aromatic N) is 1. The molecule has 0 aromatic carbocycles. The normalized spacial score (nSPS) is 30.8. The highest BCUT2D eigenvalue weighted by Crippen LogP contribution is 2.42. The smallest absolute Gasteiger partial charge is 0.0499 e. The minimum Gasteiger partial charge on any atom is -0.401 e. The van der Waals surface area contributed by atoms with Crippen molar-refractivity contribution in [1.82, 2.24) is 0 Å². The second kappa shape index (κ2) is 4.23. The first-order chi connectivity index (χ1) is 7.50. The highest BCUT2D eigenvalue weighted by Gasteiger charge is 2.34. The van der Waals surface area contributed by atoms with Crippen LogP contribution in [0.3, 0.4) is 0 Å². The van der Waals surface area contributed by atoms with Crippen LogP contribution in [0.15, 0.2) is 16.3 Å². The maximum absolute atomic E-state index is 6.22. The van der Waals surface area contributed by atoms with Gasteiger partial charge in [-0.05, 0) is 30.8 Å². The van der Waals surface area contributed by atoms with Gasteiger partial charge in [-0.15, -0.1) is 0 Å². The molecular formula is C14H24N2. The Morgan fingerprint density at radius 2 is 1.94 bits per heavy atom. The van der Waals surface area contributed by atoms with Crippen molar-refractivity contribution in [1.29, 1.82) is 0 Å². The van der Waals surface area contributed by atoms with Gasteiger partial charge in [0.1, 0.15) is 0 Å². The Bertz CT molecular complexity index is 320. The minimum atomic E-state index is 0.163. The molecule has 2 aliphatic rings. The fourth-order valence-corrected chi connectivity index (χ4v) is 3.08. The van der Waals surface area contributed by atoms with E-state index in [1.54, 1.807) is 0 Å². The molecule has 0 spiro atoms. The lowest BCUT2D eigenvalue weighted by Gasteiger charge is -2.19. The van der Waals surface area contributed by atoms with E-state index in [2.05, 4.69) is 27.0 Å². The maximum Gasteiger partial charge on any atom is 0.0499 e. The van der Waals surface area contributed by atoms with Crippen molar-refractivity contribution in [2.24, 2.45) is 22.1 Å². The zero-order valence-corrected chi connectivity index (χ0v) is 10.8. The van der Waals surface area contributed by atoms with Crippen LogP contribution in [0.25, 0.3) is 0 Å². The molecule has 0 bridgehead atoms. The van der Waals surface area contributed by atoms with Crippen molar-refractivity contribution in [2.75, 3.05) is 0 Å². The molecule has 0 aromatic heterocycles. The van der Waals surface area contributed by atoms with Crippen molar-refractivity contribution >= 4 is 6.21 Å². The number of hydrogen-bond donors (Lipinski definition) is 1. The Kier molecular flexibility index (Phi) is 3.09. The molecule has 0 amide bonds. The van der Waals surface area contributed by atoms with Crippen molar-refractivity contribution in [3.63, 3.8) is 0 Å². The van der Waals surface area contributed by atoms with Crippen LogP contribution in [0.5, 0.6) is 0 Å². The van der Waals surface area contributed by atoms with Crippen LogP contribution < -0.4 is 5.73 Å². The van der Waals surface area contributed by atoms with Crippen molar-refractivity contribution in [2.45, 2.75) is 58.9 Å². The van der Waals surface area contributed by atoms with Crippen LogP contribution in [0.2, 0.25) is 0 Å². The summed E-state index contributed by atoms with van der Waals surface area (Å²) >= 11 is 0. The Morgan fingerprint density at radius 1 is 1.31 bits per heavy atom. The second-order valence-electron chi connectivity index (χ2n) is 6.07. The van der Waals surface area contributed by atoms with Crippen LogP contribution in [0.1, 0.15) is 52.9 Å². The standard InChI is InChI=1S/C14H24N2/c1-10-8-14(2,3)13(15)12(10)9-16-11-6-4-5-7-11/h9-11H,4-8,15H2,1-3H3/b16-9-. The summed E-state index contributed by atoms with van der Waals surface area (Å²) in [5.74, 6) is 0.570. The number of allylic oxidation sites excluding steroid dienone is 2. The molecule has 0 saturated heterocycles. The van der Waals surface area contributed by atoms with E-state index >= 15 is 0 Å². The third kappa shape index (κ3) is 2.16. The molecule has 16 heavy (non-hydrogen) atoms. The zero-order chi connectivity index (χ0) is 11.8. The molecule has 1 fully saturated rings. The molecule has 1 atom stereocenters. The zero-order valence-electron chi connectivity index (χ0n) is 10.8. The predicted molar refractivity (Wildman–Crippen MR) is 69.5 cm³/mol. The summed E-state index contributed by atoms with van der Waals surface area (Å²) in [5.41, 5.74) is 8.73. The largest absolute Gasteiger partial charge is 0.401 e. The number of aliphatic imine (C=N–C) groups is 1. The Labute approximate surface area is 99.0 Å². The van der Waals surface area contributed by atoms with Gasteiger partial charge < -0.3 is 5.73 Å². The monoisotopic (exact) mass is 220 g/mol. The van der Waals surface area contributed by atoms with E-state index in [1.807, 2.05) is 0 Å². The molecule has 1 saturated carbocycles. The molecule has 0 heterocycles. The van der Waals surface area contributed by atoms with Gasteiger partial charge in [0.25, 0.3) is 0 Å². The fourth-order valence-electron chi connectivity index (χ4n) is 3.08. The molecule has 0 radical (unpaired) electrons. The van der Waals surface area contributed by atoms with Crippen molar-refractivity contribution < 1.29 is 0 Å². The topological polar surface area (TPSA) is 38.4 Å². The van der Waals surface area contributed by atoms with Crippen LogP contribution in [-0.2, 0) is 0 Å². The van der Waals surface area contributed by atoms with Gasteiger partial charge in [0.15, 0.2) is 0 Å². The maximum atomic E-state index is 6.22. The SMILES string of the molecule is CC1CC(C)(C)C(N)=C1/C=N\C1CCCC1. The lowest BCUT2D eigenvalue weighted by molar-refractivity contribution is 0.399. The molecule has 0 aromatic rings. The summed E-state index contributed by atoms with van der Waals surface area (Å²) < 4.78 is 0. The molecule has 1 unspecified atom stereocenters. The van der Waals surface area contributed by atoms with Crippen LogP contribution >= 0.6 is 0 Å². The van der Waals surface area contributed by atoms with Crippen LogP contribution in [-0.4, -0.2) is 12.3 Å². The Balaban J connectivity index is 2.11. The van der Waals surface area contributed by atoms with Crippen LogP contribution in [0, 0.1) is 11.3 Å². The quantitative estimate of drug-likeness (QED) is 0.713. The lowest BCUT2D eigenvalue weighted by Crippen LogP contribution is -2.17. The first kappa shape index (κ1) is 11.7. The predicted octanol–water partition coefficient (Wildman–Crippen LogP) is 3.28. The molecule has 2 heteroatoms. The summed E-state index contributed by atoms with van der Waals surface area (Å²) in [7, 11) is 0. The third-order valence-electron chi connectivity index (χ3n) is 4.14. The van der Waals surface area contributed by atoms with E-state index in [9.17, 15) is 0 Å². The average molecular weight is 220 g/mol. The number of nitrogens with two attached hydrogens (primary N) is 1. The van der Waals surface area contributed by atoms with Gasteiger partial charge in [-0.1, -0.05) is 33.6 Å². The van der Waals surface area contributed by atoms with Gasteiger partial charge in [-0.2, -0.15) is 0 Å². The van der Waals surface area contributed by atoms with Gasteiger partial charge in [-0.25, -0.2) is 0 Å². The van der Waals surface area contributed by atoms with E-state index in [1.165, 1.54) is 31.3 Å². The van der Waals surface area contributed by atoms with Gasteiger partial charge >= 0.3 is 0 Å². The van der Waals surface area contributed by atoms with Gasteiger partial charge in [0.05, 0.1) is 0 Å². The minimum absolute atomic E-state index is 0.163. The third-order valence-corrected chi connectivity index (χ3v) is 4.14. The van der Waals surface area contributed by atoms with Crippen molar-refractivity contribution in [3.8, 4) is 0 Å². The number of rotatable bonds is 2. The molecule has 2 nitrogen and oxygen atoms in total. The highest BCUT2D eigenvalue weighted by atomic mass is 14.8. The van der Waals surface area contributed by atoms with E-state index in [4.69, 9.17) is 10.7 Å². The lowest BCUT2D eigenvalue weighted by atomic mass is 9.88. The summed E-state index contributed by atoms with van der Waals surface area (Å²) in [5, 5.41) is 0. The van der Waals surface area contributed by atoms with E-state index < -0.39 is 0 Å². The molecule has 2 rings (SSSR count). The van der Waals surface area contributed by atoms with E-state index in [0.717, 1.165) is 12.1 Å². The first-order valence-electron chi connectivity index (χ1n) is 6.54. The Morgan fingerprint density at radius 3 is 2.44 bits per heavy atom. The molecule has 2 N–H and O–H groups in total. The summed E-state index contributed by atoms with van der Waals surface area (Å²) in [6.07, 6.45) is 8.45. The first-order valence-corrected chi connectivity index (χ1v) is 6.54. The van der Waals surface area contributed by atoms with E-state index in [-0.39, 0.29) is 5.41 Å². The summed E-state index contributed by atoms with van der Waals surface area (Å²) in [6, 6.07) is 0.566. The molecule has 0 aliphatic heterocycles. The molecule has 90 valence electrons. The van der Waals surface area contributed by atoms with Crippen molar-refractivity contribution in [3.05, 3.63) is 11.3 Å². The second-order valence-corrected chi connectivity index (χ2v) is 6.07. The van der Waals surface area contributed by atoms with Gasteiger partial charge in [0.2, 0.25) is 0 Å². The Hall–Kier alpha value is -0.790. The number of hydrogen-bond acceptors (Lipinski definition) is 2. The molecular weight excluding hydrogens is 196 g/mol. The van der Waals surface area contributed by atoms with Gasteiger partial charge in [-0.3, -0.25) is 4.99 Å².